The second-order valence-corrected chi connectivity index (χ2v) is 11.7. The van der Waals surface area contributed by atoms with Crippen molar-refractivity contribution in [2.75, 3.05) is 6.61 Å². The fraction of sp³-hybridized carbons (Fsp3) is 0.920. The van der Waals surface area contributed by atoms with Crippen molar-refractivity contribution in [1.82, 2.24) is 0 Å². The summed E-state index contributed by atoms with van der Waals surface area (Å²) in [5.74, 6) is 1.92. The van der Waals surface area contributed by atoms with E-state index in [0.717, 1.165) is 31.1 Å². The monoisotopic (exact) mass is 376 g/mol. The van der Waals surface area contributed by atoms with E-state index in [2.05, 4.69) is 41.5 Å². The summed E-state index contributed by atoms with van der Waals surface area (Å²) >= 11 is 0. The minimum absolute atomic E-state index is 0.127. The number of aliphatic hydroxyl groups is 2. The highest BCUT2D eigenvalue weighted by atomic mass is 16.3. The third-order valence-corrected chi connectivity index (χ3v) is 9.59. The third-order valence-electron chi connectivity index (χ3n) is 9.59. The van der Waals surface area contributed by atoms with Crippen LogP contribution in [0.3, 0.4) is 0 Å². The van der Waals surface area contributed by atoms with Crippen LogP contribution in [-0.4, -0.2) is 22.4 Å². The van der Waals surface area contributed by atoms with E-state index >= 15 is 0 Å². The van der Waals surface area contributed by atoms with E-state index in [1.54, 1.807) is 0 Å². The lowest BCUT2D eigenvalue weighted by molar-refractivity contribution is -0.211. The lowest BCUT2D eigenvalue weighted by Gasteiger charge is -2.67. The molecule has 0 saturated heterocycles. The quantitative estimate of drug-likeness (QED) is 0.581. The molecule has 6 atom stereocenters. The highest BCUT2D eigenvalue weighted by Gasteiger charge is 2.63. The molecule has 3 fully saturated rings. The zero-order valence-corrected chi connectivity index (χ0v) is 18.8. The molecule has 3 aliphatic carbocycles. The van der Waals surface area contributed by atoms with Crippen LogP contribution in [0.4, 0.5) is 0 Å². The lowest BCUT2D eigenvalue weighted by Crippen LogP contribution is -2.62. The Bertz CT molecular complexity index is 575. The molecular formula is C25H44O2. The Morgan fingerprint density at radius 2 is 1.59 bits per heavy atom. The van der Waals surface area contributed by atoms with Crippen molar-refractivity contribution in [2.24, 2.45) is 34.0 Å². The van der Waals surface area contributed by atoms with Gasteiger partial charge in [-0.05, 0) is 99.2 Å². The van der Waals surface area contributed by atoms with Gasteiger partial charge in [0, 0.05) is 0 Å². The van der Waals surface area contributed by atoms with Gasteiger partial charge in [-0.2, -0.15) is 0 Å². The zero-order valence-electron chi connectivity index (χ0n) is 18.8. The number of fused-ring (bicyclic) bond motifs is 3. The van der Waals surface area contributed by atoms with Gasteiger partial charge in [-0.25, -0.2) is 0 Å². The molecule has 2 N–H and O–H groups in total. The molecule has 0 aromatic carbocycles. The Hall–Kier alpha value is -0.340. The zero-order chi connectivity index (χ0) is 20.1. The van der Waals surface area contributed by atoms with Gasteiger partial charge in [0.05, 0.1) is 12.2 Å². The van der Waals surface area contributed by atoms with Crippen LogP contribution in [0.25, 0.3) is 0 Å². The van der Waals surface area contributed by atoms with Gasteiger partial charge >= 0.3 is 0 Å². The average molecular weight is 377 g/mol. The van der Waals surface area contributed by atoms with Gasteiger partial charge in [0.15, 0.2) is 0 Å². The van der Waals surface area contributed by atoms with Gasteiger partial charge in [-0.1, -0.05) is 45.8 Å². The van der Waals surface area contributed by atoms with Gasteiger partial charge in [0.2, 0.25) is 0 Å². The molecule has 0 aromatic heterocycles. The van der Waals surface area contributed by atoms with Crippen LogP contribution in [0.2, 0.25) is 0 Å². The van der Waals surface area contributed by atoms with Crippen molar-refractivity contribution in [2.45, 2.75) is 105 Å². The number of allylic oxidation sites excluding steroid dienone is 1. The van der Waals surface area contributed by atoms with Crippen molar-refractivity contribution in [3.63, 3.8) is 0 Å². The first-order chi connectivity index (χ1) is 12.5. The normalized spacial score (nSPS) is 47.3. The summed E-state index contributed by atoms with van der Waals surface area (Å²) in [4.78, 5) is 0. The summed E-state index contributed by atoms with van der Waals surface area (Å²) in [6, 6.07) is 0. The van der Waals surface area contributed by atoms with Crippen LogP contribution < -0.4 is 0 Å². The van der Waals surface area contributed by atoms with E-state index in [-0.39, 0.29) is 12.0 Å². The summed E-state index contributed by atoms with van der Waals surface area (Å²) < 4.78 is 0. The molecule has 3 saturated carbocycles. The highest BCUT2D eigenvalue weighted by Crippen LogP contribution is 2.70. The Morgan fingerprint density at radius 1 is 0.926 bits per heavy atom. The van der Waals surface area contributed by atoms with Crippen LogP contribution >= 0.6 is 0 Å². The second-order valence-electron chi connectivity index (χ2n) is 11.7. The lowest BCUT2D eigenvalue weighted by atomic mass is 9.38. The van der Waals surface area contributed by atoms with E-state index in [1.165, 1.54) is 44.1 Å². The van der Waals surface area contributed by atoms with Gasteiger partial charge in [-0.15, -0.1) is 0 Å². The third kappa shape index (κ3) is 3.54. The van der Waals surface area contributed by atoms with Crippen LogP contribution in [0.1, 0.15) is 99.3 Å². The molecule has 156 valence electrons. The van der Waals surface area contributed by atoms with Crippen molar-refractivity contribution >= 4 is 0 Å². The first kappa shape index (κ1) is 21.4. The van der Waals surface area contributed by atoms with Gasteiger partial charge < -0.3 is 10.2 Å². The average Bonchev–Trinajstić information content (AvgIpc) is 2.52. The molecule has 3 rings (SSSR count). The van der Waals surface area contributed by atoms with Crippen molar-refractivity contribution in [3.05, 3.63) is 11.6 Å². The number of aliphatic hydroxyl groups excluding tert-OH is 1. The Labute approximate surface area is 167 Å². The highest BCUT2D eigenvalue weighted by molar-refractivity contribution is 5.13. The molecule has 0 unspecified atom stereocenters. The Balaban J connectivity index is 1.91. The summed E-state index contributed by atoms with van der Waals surface area (Å²) in [5, 5.41) is 20.6. The van der Waals surface area contributed by atoms with E-state index in [9.17, 15) is 10.2 Å². The minimum Gasteiger partial charge on any atom is -0.392 e. The first-order valence-electron chi connectivity index (χ1n) is 11.5. The summed E-state index contributed by atoms with van der Waals surface area (Å²) in [5.41, 5.74) is 1.83. The van der Waals surface area contributed by atoms with Crippen LogP contribution in [0.15, 0.2) is 11.6 Å². The molecule has 2 heteroatoms. The summed E-state index contributed by atoms with van der Waals surface area (Å²) in [6.07, 6.45) is 12.8. The smallest absolute Gasteiger partial charge is 0.0653 e. The maximum atomic E-state index is 11.4. The van der Waals surface area contributed by atoms with Crippen molar-refractivity contribution < 1.29 is 10.2 Å². The fourth-order valence-electron chi connectivity index (χ4n) is 8.35. The van der Waals surface area contributed by atoms with Gasteiger partial charge in [-0.3, -0.25) is 0 Å². The molecule has 0 aliphatic heterocycles. The van der Waals surface area contributed by atoms with Crippen molar-refractivity contribution in [3.8, 4) is 0 Å². The predicted octanol–water partition coefficient (Wildman–Crippen LogP) is 6.12. The van der Waals surface area contributed by atoms with Crippen molar-refractivity contribution in [1.29, 1.82) is 0 Å². The molecule has 0 bridgehead atoms. The maximum Gasteiger partial charge on any atom is 0.0653 e. The van der Waals surface area contributed by atoms with Gasteiger partial charge in [0.25, 0.3) is 0 Å². The Morgan fingerprint density at radius 3 is 2.26 bits per heavy atom. The molecule has 27 heavy (non-hydrogen) atoms. The topological polar surface area (TPSA) is 40.5 Å². The minimum atomic E-state index is -0.557. The first-order valence-corrected chi connectivity index (χ1v) is 11.5. The van der Waals surface area contributed by atoms with E-state index in [4.69, 9.17) is 0 Å². The van der Waals surface area contributed by atoms with Crippen LogP contribution in [0.5, 0.6) is 0 Å². The van der Waals surface area contributed by atoms with Crippen LogP contribution in [0, 0.1) is 34.0 Å². The SMILES string of the molecule is C/C(=C/CO)CC[C@@H]1[C@@]2(C)CC[C@@H]3C(C)(C)CCC[C@@]3(C)[C@@H]2CC[C@@]1(C)O. The Kier molecular flexibility index (Phi) is 5.67. The maximum absolute atomic E-state index is 11.4. The fourth-order valence-corrected chi connectivity index (χ4v) is 8.35. The second kappa shape index (κ2) is 7.17. The largest absolute Gasteiger partial charge is 0.392 e. The number of hydrogen-bond acceptors (Lipinski definition) is 2. The van der Waals surface area contributed by atoms with E-state index in [1.807, 2.05) is 6.08 Å². The van der Waals surface area contributed by atoms with Gasteiger partial charge in [0.1, 0.15) is 0 Å². The standard InChI is InChI=1S/C25H44O2/c1-18(12-17-26)8-9-21-24(5)15-10-19-22(2,3)13-7-14-23(19,4)20(24)11-16-25(21,6)27/h12,19-21,26-27H,7-11,13-17H2,1-6H3/b18-12-/t19-,20+,21-,23-,24+,25-/m1/s1. The van der Waals surface area contributed by atoms with Crippen LogP contribution in [-0.2, 0) is 0 Å². The molecule has 0 spiro atoms. The molecule has 0 amide bonds. The molecule has 0 aromatic rings. The number of rotatable bonds is 4. The molecule has 2 nitrogen and oxygen atoms in total. The summed E-state index contributed by atoms with van der Waals surface area (Å²) in [6.45, 7) is 14.5. The molecular weight excluding hydrogens is 332 g/mol. The number of hydrogen-bond donors (Lipinski definition) is 2. The van der Waals surface area contributed by atoms with E-state index < -0.39 is 5.60 Å². The van der Waals surface area contributed by atoms with E-state index in [0.29, 0.717) is 16.7 Å². The molecule has 0 radical (unpaired) electrons. The summed E-state index contributed by atoms with van der Waals surface area (Å²) in [7, 11) is 0. The molecule has 3 aliphatic rings. The predicted molar refractivity (Wildman–Crippen MR) is 113 cm³/mol. The molecule has 0 heterocycles.